The number of carbonyl (C=O) groups is 3. The molecule has 0 spiro atoms. The van der Waals surface area contributed by atoms with Crippen LogP contribution in [0, 0.1) is 0 Å². The summed E-state index contributed by atoms with van der Waals surface area (Å²) in [4.78, 5) is 35.4. The summed E-state index contributed by atoms with van der Waals surface area (Å²) in [6.45, 7) is 2.14. The Bertz CT molecular complexity index is 496. The Morgan fingerprint density at radius 3 is 2.65 bits per heavy atom. The number of carboxylic acid groups (broad SMARTS) is 1. The molecule has 0 unspecified atom stereocenters. The van der Waals surface area contributed by atoms with Crippen molar-refractivity contribution < 1.29 is 19.5 Å². The molecule has 0 bridgehead atoms. The quantitative estimate of drug-likeness (QED) is 0.714. The lowest BCUT2D eigenvalue weighted by Gasteiger charge is -2.21. The number of nitrogens with zero attached hydrogens (tertiary/aromatic N) is 2. The predicted molar refractivity (Wildman–Crippen MR) is 72.1 cm³/mol. The smallest absolute Gasteiger partial charge is 0.352 e. The topological polar surface area (TPSA) is 106 Å². The monoisotopic (exact) mass is 281 g/mol. The fourth-order valence-corrected chi connectivity index (χ4v) is 1.82. The average Bonchev–Trinajstić information content (AvgIpc) is 2.82. The molecule has 0 saturated heterocycles. The highest BCUT2D eigenvalue weighted by molar-refractivity contribution is 5.87. The Labute approximate surface area is 117 Å². The first kappa shape index (κ1) is 15.7. The molecule has 1 rings (SSSR count). The molecular weight excluding hydrogens is 262 g/mol. The highest BCUT2D eigenvalue weighted by atomic mass is 16.4. The van der Waals surface area contributed by atoms with Crippen molar-refractivity contribution in [3.05, 3.63) is 24.0 Å². The maximum absolute atomic E-state index is 12.1. The van der Waals surface area contributed by atoms with E-state index in [1.807, 2.05) is 6.92 Å². The maximum Gasteiger partial charge on any atom is 0.352 e. The second-order valence-electron chi connectivity index (χ2n) is 4.46. The molecular formula is C13H19N3O4. The fraction of sp³-hybridized carbons (Fsp3) is 0.462. The Balaban J connectivity index is 2.76. The third-order valence-electron chi connectivity index (χ3n) is 2.84. The Hall–Kier alpha value is -2.31. The fourth-order valence-electron chi connectivity index (χ4n) is 1.82. The minimum Gasteiger partial charge on any atom is -0.477 e. The Kier molecular flexibility index (Phi) is 5.76. The van der Waals surface area contributed by atoms with E-state index in [-0.39, 0.29) is 24.7 Å². The van der Waals surface area contributed by atoms with Crippen LogP contribution < -0.4 is 5.73 Å². The minimum atomic E-state index is -1.10. The van der Waals surface area contributed by atoms with Crippen molar-refractivity contribution in [3.63, 3.8) is 0 Å². The van der Waals surface area contributed by atoms with Gasteiger partial charge in [0.05, 0.1) is 6.54 Å². The number of aromatic nitrogens is 1. The van der Waals surface area contributed by atoms with Crippen molar-refractivity contribution in [2.24, 2.45) is 5.73 Å². The van der Waals surface area contributed by atoms with Crippen molar-refractivity contribution in [1.82, 2.24) is 9.47 Å². The third-order valence-corrected chi connectivity index (χ3v) is 2.84. The lowest BCUT2D eigenvalue weighted by Crippen LogP contribution is -2.41. The number of unbranched alkanes of at least 4 members (excludes halogenated alkanes) is 1. The van der Waals surface area contributed by atoms with Gasteiger partial charge in [-0.15, -0.1) is 0 Å². The van der Waals surface area contributed by atoms with Gasteiger partial charge in [0.15, 0.2) is 0 Å². The second kappa shape index (κ2) is 7.32. The second-order valence-corrected chi connectivity index (χ2v) is 4.46. The zero-order valence-corrected chi connectivity index (χ0v) is 11.4. The van der Waals surface area contributed by atoms with Crippen LogP contribution in [0.2, 0.25) is 0 Å². The van der Waals surface area contributed by atoms with Crippen LogP contribution in [0.3, 0.4) is 0 Å². The molecule has 0 saturated carbocycles. The van der Waals surface area contributed by atoms with Gasteiger partial charge in [0.25, 0.3) is 0 Å². The van der Waals surface area contributed by atoms with Crippen molar-refractivity contribution in [3.8, 4) is 0 Å². The van der Waals surface area contributed by atoms with Gasteiger partial charge in [-0.05, 0) is 18.6 Å². The van der Waals surface area contributed by atoms with Crippen molar-refractivity contribution in [2.45, 2.75) is 26.3 Å². The first-order chi connectivity index (χ1) is 9.45. The van der Waals surface area contributed by atoms with Gasteiger partial charge in [0, 0.05) is 12.7 Å². The molecule has 2 amide bonds. The number of primary amides is 1. The Morgan fingerprint density at radius 1 is 1.40 bits per heavy atom. The molecule has 0 aliphatic carbocycles. The van der Waals surface area contributed by atoms with E-state index in [1.54, 1.807) is 6.07 Å². The number of nitrogens with two attached hydrogens (primary N) is 1. The number of aromatic carboxylic acids is 1. The van der Waals surface area contributed by atoms with Gasteiger partial charge in [0.2, 0.25) is 11.8 Å². The molecule has 1 aromatic heterocycles. The largest absolute Gasteiger partial charge is 0.477 e. The summed E-state index contributed by atoms with van der Waals surface area (Å²) in [5.41, 5.74) is 5.16. The summed E-state index contributed by atoms with van der Waals surface area (Å²) in [5, 5.41) is 8.97. The lowest BCUT2D eigenvalue weighted by molar-refractivity contribution is -0.135. The molecule has 0 aliphatic heterocycles. The minimum absolute atomic E-state index is 0.0351. The van der Waals surface area contributed by atoms with Crippen LogP contribution in [0.25, 0.3) is 0 Å². The predicted octanol–water partition coefficient (Wildman–Crippen LogP) is 0.300. The van der Waals surface area contributed by atoms with Gasteiger partial charge >= 0.3 is 5.97 Å². The molecule has 7 nitrogen and oxygen atoms in total. The molecule has 0 radical (unpaired) electrons. The molecule has 0 atom stereocenters. The number of hydrogen-bond acceptors (Lipinski definition) is 3. The number of carbonyl (C=O) groups excluding carboxylic acids is 2. The molecule has 0 aromatic carbocycles. The number of hydrogen-bond donors (Lipinski definition) is 2. The van der Waals surface area contributed by atoms with Crippen LogP contribution in [-0.2, 0) is 16.1 Å². The van der Waals surface area contributed by atoms with Crippen LogP contribution in [0.4, 0.5) is 0 Å². The van der Waals surface area contributed by atoms with Gasteiger partial charge in [-0.25, -0.2) is 4.79 Å². The molecule has 20 heavy (non-hydrogen) atoms. The maximum atomic E-state index is 12.1. The zero-order valence-electron chi connectivity index (χ0n) is 11.4. The summed E-state index contributed by atoms with van der Waals surface area (Å²) in [5.74, 6) is -2.01. The molecule has 7 heteroatoms. The Morgan fingerprint density at radius 2 is 2.10 bits per heavy atom. The zero-order chi connectivity index (χ0) is 15.1. The van der Waals surface area contributed by atoms with E-state index in [1.165, 1.54) is 21.7 Å². The van der Waals surface area contributed by atoms with Crippen LogP contribution in [0.15, 0.2) is 18.3 Å². The SMILES string of the molecule is CCCCN(CC(N)=O)C(=O)Cn1cccc1C(=O)O. The van der Waals surface area contributed by atoms with Crippen LogP contribution in [0.5, 0.6) is 0 Å². The van der Waals surface area contributed by atoms with E-state index < -0.39 is 11.9 Å². The number of amides is 2. The van der Waals surface area contributed by atoms with Gasteiger partial charge < -0.3 is 20.3 Å². The molecule has 3 N–H and O–H groups in total. The van der Waals surface area contributed by atoms with Crippen LogP contribution in [0.1, 0.15) is 30.3 Å². The highest BCUT2D eigenvalue weighted by Gasteiger charge is 2.18. The third kappa shape index (κ3) is 4.42. The highest BCUT2D eigenvalue weighted by Crippen LogP contribution is 2.05. The first-order valence-electron chi connectivity index (χ1n) is 6.40. The first-order valence-corrected chi connectivity index (χ1v) is 6.40. The van der Waals surface area contributed by atoms with Gasteiger partial charge in [-0.1, -0.05) is 13.3 Å². The molecule has 1 heterocycles. The number of rotatable bonds is 8. The summed E-state index contributed by atoms with van der Waals surface area (Å²) < 4.78 is 1.34. The number of carboxylic acids is 1. The van der Waals surface area contributed by atoms with Gasteiger partial charge in [-0.3, -0.25) is 9.59 Å². The van der Waals surface area contributed by atoms with E-state index in [0.29, 0.717) is 6.54 Å². The van der Waals surface area contributed by atoms with Crippen molar-refractivity contribution in [2.75, 3.05) is 13.1 Å². The average molecular weight is 281 g/mol. The van der Waals surface area contributed by atoms with Gasteiger partial charge in [-0.2, -0.15) is 0 Å². The molecule has 0 aliphatic rings. The van der Waals surface area contributed by atoms with Gasteiger partial charge in [0.1, 0.15) is 12.2 Å². The summed E-state index contributed by atoms with van der Waals surface area (Å²) >= 11 is 0. The molecule has 110 valence electrons. The van der Waals surface area contributed by atoms with E-state index in [2.05, 4.69) is 0 Å². The summed E-state index contributed by atoms with van der Waals surface area (Å²) in [7, 11) is 0. The normalized spacial score (nSPS) is 10.2. The van der Waals surface area contributed by atoms with E-state index in [0.717, 1.165) is 12.8 Å². The van der Waals surface area contributed by atoms with E-state index >= 15 is 0 Å². The van der Waals surface area contributed by atoms with Crippen LogP contribution >= 0.6 is 0 Å². The van der Waals surface area contributed by atoms with E-state index in [9.17, 15) is 14.4 Å². The van der Waals surface area contributed by atoms with Crippen molar-refractivity contribution >= 4 is 17.8 Å². The summed E-state index contributed by atoms with van der Waals surface area (Å²) in [6.07, 6.45) is 3.16. The summed E-state index contributed by atoms with van der Waals surface area (Å²) in [6, 6.07) is 2.97. The molecule has 0 fully saturated rings. The standard InChI is InChI=1S/C13H19N3O4/c1-2-3-6-16(8-11(14)17)12(18)9-15-7-4-5-10(15)13(19)20/h4-5,7H,2-3,6,8-9H2,1H3,(H2,14,17)(H,19,20). The molecule has 1 aromatic rings. The van der Waals surface area contributed by atoms with Crippen molar-refractivity contribution in [1.29, 1.82) is 0 Å². The lowest BCUT2D eigenvalue weighted by atomic mass is 10.3. The van der Waals surface area contributed by atoms with E-state index in [4.69, 9.17) is 10.8 Å². The van der Waals surface area contributed by atoms with Crippen LogP contribution in [-0.4, -0.2) is 45.4 Å².